The minimum absolute atomic E-state index is 0.0631. The van der Waals surface area contributed by atoms with E-state index in [4.69, 9.17) is 21.4 Å². The average Bonchev–Trinajstić information content (AvgIpc) is 3.06. The number of nitrogens with zero attached hydrogens (tertiary/aromatic N) is 2. The minimum Gasteiger partial charge on any atom is -0.476 e. The number of hydrogen-bond donors (Lipinski definition) is 1. The Bertz CT molecular complexity index is 726. The molecule has 7 heteroatoms. The second kappa shape index (κ2) is 7.51. The van der Waals surface area contributed by atoms with Gasteiger partial charge in [-0.2, -0.15) is 0 Å². The van der Waals surface area contributed by atoms with E-state index in [9.17, 15) is 4.79 Å². The molecular weight excluding hydrogens is 348 g/mol. The molecule has 1 aromatic carbocycles. The normalized spacial score (nSPS) is 15.7. The fourth-order valence-electron chi connectivity index (χ4n) is 2.90. The summed E-state index contributed by atoms with van der Waals surface area (Å²) in [5, 5.41) is 11.8. The number of aromatic nitrogens is 1. The molecule has 5 nitrogen and oxygen atoms in total. The van der Waals surface area contributed by atoms with Crippen LogP contribution in [0.3, 0.4) is 0 Å². The third-order valence-corrected chi connectivity index (χ3v) is 5.30. The van der Waals surface area contributed by atoms with Crippen molar-refractivity contribution >= 4 is 34.6 Å². The van der Waals surface area contributed by atoms with Crippen LogP contribution < -0.4 is 4.90 Å². The zero-order valence-electron chi connectivity index (χ0n) is 13.4. The zero-order valence-corrected chi connectivity index (χ0v) is 14.9. The molecule has 2 heterocycles. The molecule has 3 rings (SSSR count). The molecular formula is C17H19ClN2O3S. The Hall–Kier alpha value is -1.63. The van der Waals surface area contributed by atoms with Crippen LogP contribution in [-0.2, 0) is 4.74 Å². The van der Waals surface area contributed by atoms with Crippen molar-refractivity contribution in [3.05, 3.63) is 34.3 Å². The van der Waals surface area contributed by atoms with Gasteiger partial charge in [-0.15, -0.1) is 11.3 Å². The van der Waals surface area contributed by atoms with Gasteiger partial charge >= 0.3 is 5.97 Å². The van der Waals surface area contributed by atoms with Gasteiger partial charge in [0, 0.05) is 30.6 Å². The topological polar surface area (TPSA) is 62.7 Å². The van der Waals surface area contributed by atoms with Gasteiger partial charge in [0.25, 0.3) is 0 Å². The SMILES string of the molecule is CCOC1CCN(c2ccc(-c3nc(C(=O)O)cs3)cc2Cl)CC1. The molecule has 1 saturated heterocycles. The number of aromatic carboxylic acids is 1. The highest BCUT2D eigenvalue weighted by molar-refractivity contribution is 7.13. The number of benzene rings is 1. The molecule has 1 N–H and O–H groups in total. The number of carboxylic acid groups (broad SMARTS) is 1. The first kappa shape index (κ1) is 17.2. The lowest BCUT2D eigenvalue weighted by molar-refractivity contribution is 0.0459. The first-order chi connectivity index (χ1) is 11.6. The van der Waals surface area contributed by atoms with Crippen LogP contribution in [0, 0.1) is 0 Å². The number of ether oxygens (including phenoxy) is 1. The van der Waals surface area contributed by atoms with Gasteiger partial charge in [-0.1, -0.05) is 11.6 Å². The van der Waals surface area contributed by atoms with Crippen molar-refractivity contribution in [1.29, 1.82) is 0 Å². The molecule has 0 atom stereocenters. The highest BCUT2D eigenvalue weighted by atomic mass is 35.5. The first-order valence-electron chi connectivity index (χ1n) is 7.93. The van der Waals surface area contributed by atoms with Crippen molar-refractivity contribution in [2.45, 2.75) is 25.9 Å². The Morgan fingerprint density at radius 2 is 2.21 bits per heavy atom. The average molecular weight is 367 g/mol. The summed E-state index contributed by atoms with van der Waals surface area (Å²) in [4.78, 5) is 17.3. The molecule has 1 aromatic heterocycles. The Morgan fingerprint density at radius 3 is 2.79 bits per heavy atom. The lowest BCUT2D eigenvalue weighted by Gasteiger charge is -2.34. The zero-order chi connectivity index (χ0) is 17.1. The molecule has 0 bridgehead atoms. The van der Waals surface area contributed by atoms with Gasteiger partial charge in [0.2, 0.25) is 0 Å². The van der Waals surface area contributed by atoms with Crippen LogP contribution in [0.4, 0.5) is 5.69 Å². The fourth-order valence-corrected chi connectivity index (χ4v) is 3.99. The summed E-state index contributed by atoms with van der Waals surface area (Å²) in [5.41, 5.74) is 1.91. The summed E-state index contributed by atoms with van der Waals surface area (Å²) in [6.45, 7) is 4.62. The standard InChI is InChI=1S/C17H19ClN2O3S/c1-2-23-12-5-7-20(8-6-12)15-4-3-11(9-13(15)18)16-19-14(10-24-16)17(21)22/h3-4,9-10,12H,2,5-8H2,1H3,(H,21,22). The van der Waals surface area contributed by atoms with E-state index in [1.165, 1.54) is 16.7 Å². The number of carboxylic acids is 1. The third-order valence-electron chi connectivity index (χ3n) is 4.10. The predicted octanol–water partition coefficient (Wildman–Crippen LogP) is 4.17. The first-order valence-corrected chi connectivity index (χ1v) is 9.19. The number of thiazole rings is 1. The van der Waals surface area contributed by atoms with E-state index >= 15 is 0 Å². The van der Waals surface area contributed by atoms with Gasteiger partial charge in [0.1, 0.15) is 5.01 Å². The Morgan fingerprint density at radius 1 is 1.46 bits per heavy atom. The van der Waals surface area contributed by atoms with E-state index in [-0.39, 0.29) is 5.69 Å². The lowest BCUT2D eigenvalue weighted by atomic mass is 10.1. The van der Waals surface area contributed by atoms with Crippen LogP contribution >= 0.6 is 22.9 Å². The lowest BCUT2D eigenvalue weighted by Crippen LogP contribution is -2.37. The molecule has 1 fully saturated rings. The molecule has 0 amide bonds. The minimum atomic E-state index is -1.02. The van der Waals surface area contributed by atoms with Crippen LogP contribution in [0.2, 0.25) is 5.02 Å². The molecule has 2 aromatic rings. The number of hydrogen-bond acceptors (Lipinski definition) is 5. The van der Waals surface area contributed by atoms with Crippen LogP contribution in [0.15, 0.2) is 23.6 Å². The van der Waals surface area contributed by atoms with Crippen molar-refractivity contribution in [1.82, 2.24) is 4.98 Å². The van der Waals surface area contributed by atoms with Crippen molar-refractivity contribution < 1.29 is 14.6 Å². The summed E-state index contributed by atoms with van der Waals surface area (Å²) >= 11 is 7.77. The summed E-state index contributed by atoms with van der Waals surface area (Å²) in [7, 11) is 0. The van der Waals surface area contributed by atoms with E-state index in [1.807, 2.05) is 25.1 Å². The highest BCUT2D eigenvalue weighted by Gasteiger charge is 2.21. The van der Waals surface area contributed by atoms with Gasteiger partial charge in [-0.25, -0.2) is 9.78 Å². The number of rotatable bonds is 5. The summed E-state index contributed by atoms with van der Waals surface area (Å²) in [5.74, 6) is -1.02. The van der Waals surface area contributed by atoms with Crippen molar-refractivity contribution in [3.63, 3.8) is 0 Å². The maximum atomic E-state index is 10.9. The van der Waals surface area contributed by atoms with E-state index in [1.54, 1.807) is 0 Å². The Balaban J connectivity index is 1.74. The molecule has 1 aliphatic heterocycles. The fraction of sp³-hybridized carbons (Fsp3) is 0.412. The molecule has 0 saturated carbocycles. The third kappa shape index (κ3) is 3.71. The van der Waals surface area contributed by atoms with Crippen LogP contribution in [-0.4, -0.2) is 41.9 Å². The Kier molecular flexibility index (Phi) is 5.38. The second-order valence-corrected chi connectivity index (χ2v) is 6.92. The summed E-state index contributed by atoms with van der Waals surface area (Å²) in [6, 6.07) is 5.79. The molecule has 1 aliphatic rings. The van der Waals surface area contributed by atoms with Crippen molar-refractivity contribution in [2.24, 2.45) is 0 Å². The Labute approximate surface area is 149 Å². The predicted molar refractivity (Wildman–Crippen MR) is 96.4 cm³/mol. The van der Waals surface area contributed by atoms with Crippen LogP contribution in [0.5, 0.6) is 0 Å². The maximum Gasteiger partial charge on any atom is 0.355 e. The van der Waals surface area contributed by atoms with Gasteiger partial charge < -0.3 is 14.7 Å². The summed E-state index contributed by atoms with van der Waals surface area (Å²) in [6.07, 6.45) is 2.34. The number of anilines is 1. The monoisotopic (exact) mass is 366 g/mol. The van der Waals surface area contributed by atoms with E-state index < -0.39 is 5.97 Å². The van der Waals surface area contributed by atoms with E-state index in [2.05, 4.69) is 9.88 Å². The van der Waals surface area contributed by atoms with Crippen molar-refractivity contribution in [3.8, 4) is 10.6 Å². The molecule has 0 aliphatic carbocycles. The smallest absolute Gasteiger partial charge is 0.355 e. The number of carbonyl (C=O) groups is 1. The maximum absolute atomic E-state index is 10.9. The molecule has 0 spiro atoms. The van der Waals surface area contributed by atoms with Gasteiger partial charge in [-0.3, -0.25) is 0 Å². The number of piperidine rings is 1. The van der Waals surface area contributed by atoms with Crippen molar-refractivity contribution in [2.75, 3.05) is 24.6 Å². The molecule has 24 heavy (non-hydrogen) atoms. The second-order valence-electron chi connectivity index (χ2n) is 5.65. The van der Waals surface area contributed by atoms with Gasteiger partial charge in [0.05, 0.1) is 16.8 Å². The summed E-state index contributed by atoms with van der Waals surface area (Å²) < 4.78 is 5.68. The molecule has 0 unspecified atom stereocenters. The molecule has 0 radical (unpaired) electrons. The van der Waals surface area contributed by atoms with Gasteiger partial charge in [0.15, 0.2) is 5.69 Å². The van der Waals surface area contributed by atoms with E-state index in [0.29, 0.717) is 16.1 Å². The highest BCUT2D eigenvalue weighted by Crippen LogP contribution is 2.34. The number of halogens is 1. The van der Waals surface area contributed by atoms with Crippen LogP contribution in [0.25, 0.3) is 10.6 Å². The largest absolute Gasteiger partial charge is 0.476 e. The molecule has 128 valence electrons. The van der Waals surface area contributed by atoms with Gasteiger partial charge in [-0.05, 0) is 38.0 Å². The van der Waals surface area contributed by atoms with Crippen LogP contribution in [0.1, 0.15) is 30.3 Å². The quantitative estimate of drug-likeness (QED) is 0.860. The van der Waals surface area contributed by atoms with E-state index in [0.717, 1.165) is 43.8 Å².